The summed E-state index contributed by atoms with van der Waals surface area (Å²) in [6, 6.07) is 0. The van der Waals surface area contributed by atoms with Gasteiger partial charge in [0.05, 0.1) is 0 Å². The highest BCUT2D eigenvalue weighted by Crippen LogP contribution is 2.40. The van der Waals surface area contributed by atoms with Gasteiger partial charge in [0.25, 0.3) is 0 Å². The fraction of sp³-hybridized carbons (Fsp3) is 0.952. The van der Waals surface area contributed by atoms with Crippen LogP contribution < -0.4 is 0 Å². The van der Waals surface area contributed by atoms with Gasteiger partial charge in [-0.15, -0.1) is 0 Å². The van der Waals surface area contributed by atoms with Crippen molar-refractivity contribution in [2.24, 2.45) is 23.7 Å². The van der Waals surface area contributed by atoms with Crippen LogP contribution in [0.3, 0.4) is 0 Å². The molecule has 3 saturated carbocycles. The molecule has 0 unspecified atom stereocenters. The standard InChI is InChI=1S/C21H36O2/c1-16-7-9-18(10-8-16)19-11-13-20(14-12-19)23-21(22)15-17-5-3-2-4-6-17/h16-20H,2-15H2,1H3. The van der Waals surface area contributed by atoms with E-state index in [2.05, 4.69) is 6.92 Å². The minimum atomic E-state index is 0.0897. The molecule has 0 bridgehead atoms. The third-order valence-corrected chi connectivity index (χ3v) is 6.92. The predicted molar refractivity (Wildman–Crippen MR) is 94.2 cm³/mol. The molecule has 0 spiro atoms. The number of carbonyl (C=O) groups is 1. The summed E-state index contributed by atoms with van der Waals surface area (Å²) >= 11 is 0. The van der Waals surface area contributed by atoms with Crippen molar-refractivity contribution >= 4 is 5.97 Å². The molecule has 0 heterocycles. The molecule has 3 rings (SSSR count). The topological polar surface area (TPSA) is 26.3 Å². The molecule has 0 N–H and O–H groups in total. The van der Waals surface area contributed by atoms with E-state index >= 15 is 0 Å². The van der Waals surface area contributed by atoms with Gasteiger partial charge in [-0.3, -0.25) is 4.79 Å². The summed E-state index contributed by atoms with van der Waals surface area (Å²) in [5.41, 5.74) is 0. The first-order valence-electron chi connectivity index (χ1n) is 10.4. The van der Waals surface area contributed by atoms with Gasteiger partial charge >= 0.3 is 5.97 Å². The van der Waals surface area contributed by atoms with E-state index in [1.807, 2.05) is 0 Å². The second kappa shape index (κ2) is 8.53. The minimum Gasteiger partial charge on any atom is -0.462 e. The zero-order valence-electron chi connectivity index (χ0n) is 15.1. The fourth-order valence-electron chi connectivity index (χ4n) is 5.30. The van der Waals surface area contributed by atoms with Crippen LogP contribution in [0.5, 0.6) is 0 Å². The van der Waals surface area contributed by atoms with Crippen LogP contribution in [0, 0.1) is 23.7 Å². The Morgan fingerprint density at radius 1 is 0.783 bits per heavy atom. The maximum absolute atomic E-state index is 12.2. The highest BCUT2D eigenvalue weighted by molar-refractivity contribution is 5.69. The monoisotopic (exact) mass is 320 g/mol. The van der Waals surface area contributed by atoms with Crippen molar-refractivity contribution in [3.8, 4) is 0 Å². The lowest BCUT2D eigenvalue weighted by Crippen LogP contribution is -2.30. The first-order chi connectivity index (χ1) is 11.2. The zero-order valence-corrected chi connectivity index (χ0v) is 15.1. The molecular weight excluding hydrogens is 284 g/mol. The lowest BCUT2D eigenvalue weighted by Gasteiger charge is -2.37. The molecule has 3 aliphatic rings. The molecule has 0 aliphatic heterocycles. The average Bonchev–Trinajstić information content (AvgIpc) is 2.57. The van der Waals surface area contributed by atoms with Crippen molar-refractivity contribution in [2.75, 3.05) is 0 Å². The number of rotatable bonds is 4. The highest BCUT2D eigenvalue weighted by atomic mass is 16.5. The van der Waals surface area contributed by atoms with Crippen LogP contribution in [0.25, 0.3) is 0 Å². The Morgan fingerprint density at radius 3 is 1.96 bits per heavy atom. The summed E-state index contributed by atoms with van der Waals surface area (Å²) < 4.78 is 5.81. The van der Waals surface area contributed by atoms with Crippen LogP contribution in [0.4, 0.5) is 0 Å². The van der Waals surface area contributed by atoms with Gasteiger partial charge in [0.2, 0.25) is 0 Å². The molecule has 2 nitrogen and oxygen atoms in total. The molecule has 0 saturated heterocycles. The van der Waals surface area contributed by atoms with Crippen molar-refractivity contribution in [2.45, 2.75) is 103 Å². The van der Waals surface area contributed by atoms with E-state index < -0.39 is 0 Å². The van der Waals surface area contributed by atoms with Crippen molar-refractivity contribution < 1.29 is 9.53 Å². The molecule has 0 aromatic heterocycles. The largest absolute Gasteiger partial charge is 0.462 e. The Kier molecular flexibility index (Phi) is 6.42. The van der Waals surface area contributed by atoms with Gasteiger partial charge in [0.15, 0.2) is 0 Å². The molecule has 23 heavy (non-hydrogen) atoms. The quantitative estimate of drug-likeness (QED) is 0.604. The molecule has 0 aromatic rings. The van der Waals surface area contributed by atoms with Crippen molar-refractivity contribution in [1.82, 2.24) is 0 Å². The lowest BCUT2D eigenvalue weighted by molar-refractivity contribution is -0.152. The van der Waals surface area contributed by atoms with Gasteiger partial charge in [-0.2, -0.15) is 0 Å². The van der Waals surface area contributed by atoms with Crippen LogP contribution in [0.15, 0.2) is 0 Å². The Hall–Kier alpha value is -0.530. The third-order valence-electron chi connectivity index (χ3n) is 6.92. The van der Waals surface area contributed by atoms with Gasteiger partial charge < -0.3 is 4.74 Å². The summed E-state index contributed by atoms with van der Waals surface area (Å²) in [6.07, 6.45) is 17.9. The zero-order chi connectivity index (χ0) is 16.1. The van der Waals surface area contributed by atoms with E-state index in [1.165, 1.54) is 70.6 Å². The molecule has 0 amide bonds. The molecule has 0 aromatic carbocycles. The van der Waals surface area contributed by atoms with Crippen LogP contribution in [-0.4, -0.2) is 12.1 Å². The molecule has 0 radical (unpaired) electrons. The highest BCUT2D eigenvalue weighted by Gasteiger charge is 2.31. The second-order valence-corrected chi connectivity index (χ2v) is 8.75. The van der Waals surface area contributed by atoms with E-state index in [-0.39, 0.29) is 12.1 Å². The van der Waals surface area contributed by atoms with Gasteiger partial charge in [-0.25, -0.2) is 0 Å². The van der Waals surface area contributed by atoms with Crippen molar-refractivity contribution in [1.29, 1.82) is 0 Å². The number of carbonyl (C=O) groups excluding carboxylic acids is 1. The van der Waals surface area contributed by atoms with Crippen molar-refractivity contribution in [3.63, 3.8) is 0 Å². The third kappa shape index (κ3) is 5.22. The Bertz CT molecular complexity index is 356. The van der Waals surface area contributed by atoms with Gasteiger partial charge in [0.1, 0.15) is 6.10 Å². The smallest absolute Gasteiger partial charge is 0.306 e. The maximum Gasteiger partial charge on any atom is 0.306 e. The average molecular weight is 321 g/mol. The molecule has 3 aliphatic carbocycles. The van der Waals surface area contributed by atoms with E-state index in [4.69, 9.17) is 4.74 Å². The first-order valence-corrected chi connectivity index (χ1v) is 10.4. The van der Waals surface area contributed by atoms with Crippen LogP contribution >= 0.6 is 0 Å². The Balaban J connectivity index is 1.34. The SMILES string of the molecule is CC1CCC(C2CCC(OC(=O)CC3CCCCC3)CC2)CC1. The predicted octanol–water partition coefficient (Wildman–Crippen LogP) is 5.89. The Labute approximate surface area is 142 Å². The molecule has 132 valence electrons. The van der Waals surface area contributed by atoms with Crippen LogP contribution in [0.2, 0.25) is 0 Å². The lowest BCUT2D eigenvalue weighted by atomic mass is 9.71. The summed E-state index contributed by atoms with van der Waals surface area (Å²) in [5, 5.41) is 0. The molecular formula is C21H36O2. The normalized spacial score (nSPS) is 36.6. The summed E-state index contributed by atoms with van der Waals surface area (Å²) in [7, 11) is 0. The number of hydrogen-bond acceptors (Lipinski definition) is 2. The van der Waals surface area contributed by atoms with E-state index in [0.29, 0.717) is 12.3 Å². The van der Waals surface area contributed by atoms with Gasteiger partial charge in [-0.05, 0) is 75.0 Å². The van der Waals surface area contributed by atoms with Crippen LogP contribution in [0.1, 0.15) is 96.8 Å². The maximum atomic E-state index is 12.2. The molecule has 0 atom stereocenters. The minimum absolute atomic E-state index is 0.0897. The van der Waals surface area contributed by atoms with E-state index in [1.54, 1.807) is 0 Å². The van der Waals surface area contributed by atoms with E-state index in [9.17, 15) is 4.79 Å². The molecule has 3 fully saturated rings. The summed E-state index contributed by atoms with van der Waals surface area (Å²) in [5.74, 6) is 3.52. The number of ether oxygens (including phenoxy) is 1. The van der Waals surface area contributed by atoms with Gasteiger partial charge in [0, 0.05) is 6.42 Å². The summed E-state index contributed by atoms with van der Waals surface area (Å²) in [4.78, 5) is 12.2. The number of hydrogen-bond donors (Lipinski definition) is 0. The van der Waals surface area contributed by atoms with Crippen LogP contribution in [-0.2, 0) is 9.53 Å². The Morgan fingerprint density at radius 2 is 1.35 bits per heavy atom. The molecule has 2 heteroatoms. The first kappa shape index (κ1) is 17.3. The second-order valence-electron chi connectivity index (χ2n) is 8.75. The van der Waals surface area contributed by atoms with Crippen molar-refractivity contribution in [3.05, 3.63) is 0 Å². The van der Waals surface area contributed by atoms with Gasteiger partial charge in [-0.1, -0.05) is 39.0 Å². The summed E-state index contributed by atoms with van der Waals surface area (Å²) in [6.45, 7) is 2.40. The number of esters is 1. The van der Waals surface area contributed by atoms with E-state index in [0.717, 1.165) is 30.6 Å². The fourth-order valence-corrected chi connectivity index (χ4v) is 5.30.